The van der Waals surface area contributed by atoms with E-state index in [0.717, 1.165) is 12.4 Å². The highest BCUT2D eigenvalue weighted by Gasteiger charge is 2.08. The molecule has 7 heteroatoms. The van der Waals surface area contributed by atoms with Crippen LogP contribution in [-0.2, 0) is 4.74 Å². The zero-order valence-corrected chi connectivity index (χ0v) is 6.70. The molecule has 1 aromatic rings. The molecule has 0 unspecified atom stereocenters. The molecule has 1 amide bonds. The molecule has 0 saturated carbocycles. The summed E-state index contributed by atoms with van der Waals surface area (Å²) in [5, 5.41) is 5.49. The summed E-state index contributed by atoms with van der Waals surface area (Å²) < 4.78 is 28.6. The molecule has 0 saturated heterocycles. The average Bonchev–Trinajstić information content (AvgIpc) is 2.52. The molecule has 0 aliphatic rings. The summed E-state index contributed by atoms with van der Waals surface area (Å²) in [7, 11) is 1.17. The SMILES string of the molecule is COC(=O)Nc1cnn(C(F)F)c1. The number of methoxy groups -OCH3 is 1. The minimum Gasteiger partial charge on any atom is -0.453 e. The number of carbonyl (C=O) groups is 1. The van der Waals surface area contributed by atoms with Gasteiger partial charge in [0, 0.05) is 0 Å². The Morgan fingerprint density at radius 1 is 1.77 bits per heavy atom. The van der Waals surface area contributed by atoms with E-state index in [1.165, 1.54) is 7.11 Å². The van der Waals surface area contributed by atoms with Crippen LogP contribution in [0.1, 0.15) is 6.55 Å². The van der Waals surface area contributed by atoms with Gasteiger partial charge >= 0.3 is 12.6 Å². The first-order chi connectivity index (χ1) is 6.13. The fourth-order valence-corrected chi connectivity index (χ4v) is 0.678. The molecule has 1 heterocycles. The third kappa shape index (κ3) is 2.39. The van der Waals surface area contributed by atoms with Crippen molar-refractivity contribution >= 4 is 11.8 Å². The second-order valence-electron chi connectivity index (χ2n) is 2.10. The molecule has 0 aliphatic heterocycles. The molecule has 5 nitrogen and oxygen atoms in total. The Bertz CT molecular complexity index is 300. The predicted molar refractivity (Wildman–Crippen MR) is 39.5 cm³/mol. The van der Waals surface area contributed by atoms with Crippen LogP contribution in [0.2, 0.25) is 0 Å². The Hall–Kier alpha value is -1.66. The van der Waals surface area contributed by atoms with E-state index in [0.29, 0.717) is 4.68 Å². The number of rotatable bonds is 2. The normalized spacial score (nSPS) is 10.2. The standard InChI is InChI=1S/C6H7F2N3O2/c1-13-6(12)10-4-2-9-11(3-4)5(7)8/h2-3,5H,1H3,(H,10,12). The number of aromatic nitrogens is 2. The molecular weight excluding hydrogens is 184 g/mol. The van der Waals surface area contributed by atoms with Gasteiger partial charge in [0.25, 0.3) is 0 Å². The Balaban J connectivity index is 2.64. The van der Waals surface area contributed by atoms with Crippen molar-refractivity contribution in [2.24, 2.45) is 0 Å². The van der Waals surface area contributed by atoms with Gasteiger partial charge in [-0.1, -0.05) is 0 Å². The first-order valence-corrected chi connectivity index (χ1v) is 3.30. The van der Waals surface area contributed by atoms with Crippen LogP contribution in [0.15, 0.2) is 12.4 Å². The van der Waals surface area contributed by atoms with Crippen LogP contribution in [0, 0.1) is 0 Å². The van der Waals surface area contributed by atoms with E-state index in [-0.39, 0.29) is 5.69 Å². The third-order valence-corrected chi connectivity index (χ3v) is 1.23. The molecule has 0 aromatic carbocycles. The lowest BCUT2D eigenvalue weighted by Gasteiger charge is -1.98. The molecule has 0 aliphatic carbocycles. The van der Waals surface area contributed by atoms with Crippen molar-refractivity contribution in [3.05, 3.63) is 12.4 Å². The molecule has 0 bridgehead atoms. The Kier molecular flexibility index (Phi) is 2.78. The van der Waals surface area contributed by atoms with Gasteiger partial charge in [-0.05, 0) is 0 Å². The molecule has 1 N–H and O–H groups in total. The van der Waals surface area contributed by atoms with Crippen molar-refractivity contribution in [2.45, 2.75) is 6.55 Å². The summed E-state index contributed by atoms with van der Waals surface area (Å²) >= 11 is 0. The van der Waals surface area contributed by atoms with Gasteiger partial charge in [0.1, 0.15) is 0 Å². The molecule has 0 fully saturated rings. The number of alkyl halides is 2. The molecule has 0 spiro atoms. The largest absolute Gasteiger partial charge is 0.453 e. The molecule has 13 heavy (non-hydrogen) atoms. The maximum Gasteiger partial charge on any atom is 0.411 e. The molecule has 1 aromatic heterocycles. The highest BCUT2D eigenvalue weighted by molar-refractivity contribution is 5.83. The van der Waals surface area contributed by atoms with Crippen molar-refractivity contribution in [3.63, 3.8) is 0 Å². The smallest absolute Gasteiger partial charge is 0.411 e. The van der Waals surface area contributed by atoms with Crippen LogP contribution in [0.5, 0.6) is 0 Å². The van der Waals surface area contributed by atoms with Gasteiger partial charge in [-0.25, -0.2) is 9.48 Å². The fraction of sp³-hybridized carbons (Fsp3) is 0.333. The number of nitrogens with zero attached hydrogens (tertiary/aromatic N) is 2. The zero-order valence-electron chi connectivity index (χ0n) is 6.70. The second kappa shape index (κ2) is 3.83. The van der Waals surface area contributed by atoms with E-state index in [2.05, 4.69) is 15.2 Å². The average molecular weight is 191 g/mol. The lowest BCUT2D eigenvalue weighted by molar-refractivity contribution is 0.0566. The minimum atomic E-state index is -2.71. The first kappa shape index (κ1) is 9.43. The number of nitrogens with one attached hydrogen (secondary N) is 1. The number of halogens is 2. The van der Waals surface area contributed by atoms with Crippen LogP contribution >= 0.6 is 0 Å². The summed E-state index contributed by atoms with van der Waals surface area (Å²) in [5.74, 6) is 0. The monoisotopic (exact) mass is 191 g/mol. The summed E-state index contributed by atoms with van der Waals surface area (Å²) in [6.45, 7) is -2.71. The van der Waals surface area contributed by atoms with Gasteiger partial charge in [0.2, 0.25) is 0 Å². The number of anilines is 1. The van der Waals surface area contributed by atoms with Gasteiger partial charge in [-0.2, -0.15) is 13.9 Å². The topological polar surface area (TPSA) is 56.1 Å². The van der Waals surface area contributed by atoms with Crippen LogP contribution < -0.4 is 5.32 Å². The lowest BCUT2D eigenvalue weighted by atomic mass is 10.6. The van der Waals surface area contributed by atoms with Gasteiger partial charge in [0.05, 0.1) is 25.2 Å². The summed E-state index contributed by atoms with van der Waals surface area (Å²) in [6, 6.07) is 0. The van der Waals surface area contributed by atoms with Crippen LogP contribution in [-0.4, -0.2) is 23.0 Å². The summed E-state index contributed by atoms with van der Waals surface area (Å²) in [4.78, 5) is 10.6. The number of carbonyl (C=O) groups excluding carboxylic acids is 1. The van der Waals surface area contributed by atoms with E-state index in [4.69, 9.17) is 0 Å². The number of amides is 1. The van der Waals surface area contributed by atoms with Gasteiger partial charge in [-0.15, -0.1) is 0 Å². The Labute approximate surface area is 72.3 Å². The van der Waals surface area contributed by atoms with Gasteiger partial charge in [0.15, 0.2) is 0 Å². The number of hydrogen-bond donors (Lipinski definition) is 1. The highest BCUT2D eigenvalue weighted by Crippen LogP contribution is 2.12. The maximum atomic E-state index is 12.0. The molecule has 0 atom stereocenters. The van der Waals surface area contributed by atoms with Crippen molar-refractivity contribution in [1.29, 1.82) is 0 Å². The number of ether oxygens (including phenoxy) is 1. The Morgan fingerprint density at radius 2 is 2.46 bits per heavy atom. The molecule has 1 rings (SSSR count). The third-order valence-electron chi connectivity index (χ3n) is 1.23. The lowest BCUT2D eigenvalue weighted by Crippen LogP contribution is -2.10. The predicted octanol–water partition coefficient (Wildman–Crippen LogP) is 1.46. The molecule has 0 radical (unpaired) electrons. The maximum absolute atomic E-state index is 12.0. The van der Waals surface area contributed by atoms with Crippen LogP contribution in [0.25, 0.3) is 0 Å². The second-order valence-corrected chi connectivity index (χ2v) is 2.10. The van der Waals surface area contributed by atoms with E-state index < -0.39 is 12.6 Å². The van der Waals surface area contributed by atoms with Crippen LogP contribution in [0.4, 0.5) is 19.3 Å². The van der Waals surface area contributed by atoms with E-state index in [1.54, 1.807) is 0 Å². The Morgan fingerprint density at radius 3 is 2.92 bits per heavy atom. The van der Waals surface area contributed by atoms with Gasteiger partial charge < -0.3 is 4.74 Å². The van der Waals surface area contributed by atoms with Crippen molar-refractivity contribution in [2.75, 3.05) is 12.4 Å². The van der Waals surface area contributed by atoms with Crippen LogP contribution in [0.3, 0.4) is 0 Å². The zero-order chi connectivity index (χ0) is 9.84. The van der Waals surface area contributed by atoms with Crippen molar-refractivity contribution in [3.8, 4) is 0 Å². The molecule has 72 valence electrons. The van der Waals surface area contributed by atoms with Crippen molar-refractivity contribution in [1.82, 2.24) is 9.78 Å². The van der Waals surface area contributed by atoms with Gasteiger partial charge in [-0.3, -0.25) is 5.32 Å². The fourth-order valence-electron chi connectivity index (χ4n) is 0.678. The summed E-state index contributed by atoms with van der Waals surface area (Å²) in [5.41, 5.74) is 0.159. The van der Waals surface area contributed by atoms with E-state index in [1.807, 2.05) is 0 Å². The minimum absolute atomic E-state index is 0.159. The van der Waals surface area contributed by atoms with E-state index in [9.17, 15) is 13.6 Å². The first-order valence-electron chi connectivity index (χ1n) is 3.30. The summed E-state index contributed by atoms with van der Waals surface area (Å²) in [6.07, 6.45) is 1.37. The van der Waals surface area contributed by atoms with Crippen molar-refractivity contribution < 1.29 is 18.3 Å². The highest BCUT2D eigenvalue weighted by atomic mass is 19.3. The van der Waals surface area contributed by atoms with E-state index >= 15 is 0 Å². The number of hydrogen-bond acceptors (Lipinski definition) is 3. The quantitative estimate of drug-likeness (QED) is 0.769. The molecular formula is C6H7F2N3O2.